The van der Waals surface area contributed by atoms with E-state index in [1.54, 1.807) is 0 Å². The zero-order valence-corrected chi connectivity index (χ0v) is 10.5. The van der Waals surface area contributed by atoms with Gasteiger partial charge in [-0.05, 0) is 49.1 Å². The standard InChI is InChI=1S/C16H19NO/c17-15-9-11-16(12-10-15)18-13-5-4-8-14-6-2-1-3-7-14/h1-3,6-7,9-12H,4-5,8,13,17H2. The first-order chi connectivity index (χ1) is 8.84. The van der Waals surface area contributed by atoms with Crippen LogP contribution >= 0.6 is 0 Å². The first-order valence-electron chi connectivity index (χ1n) is 6.37. The van der Waals surface area contributed by atoms with Crippen LogP contribution in [0, 0.1) is 0 Å². The van der Waals surface area contributed by atoms with Crippen molar-refractivity contribution < 1.29 is 4.74 Å². The van der Waals surface area contributed by atoms with Crippen LogP contribution in [-0.2, 0) is 6.42 Å². The molecule has 0 amide bonds. The van der Waals surface area contributed by atoms with Crippen molar-refractivity contribution in [3.8, 4) is 5.75 Å². The molecule has 94 valence electrons. The Hall–Kier alpha value is -1.96. The van der Waals surface area contributed by atoms with Gasteiger partial charge >= 0.3 is 0 Å². The number of hydrogen-bond donors (Lipinski definition) is 1. The van der Waals surface area contributed by atoms with Crippen molar-refractivity contribution in [3.05, 3.63) is 60.2 Å². The lowest BCUT2D eigenvalue weighted by Gasteiger charge is -2.06. The Morgan fingerprint density at radius 1 is 0.833 bits per heavy atom. The summed E-state index contributed by atoms with van der Waals surface area (Å²) in [6.07, 6.45) is 3.34. The number of ether oxygens (including phenoxy) is 1. The van der Waals surface area contributed by atoms with Crippen LogP contribution in [0.15, 0.2) is 54.6 Å². The fraction of sp³-hybridized carbons (Fsp3) is 0.250. The number of anilines is 1. The highest BCUT2D eigenvalue weighted by atomic mass is 16.5. The molecule has 0 aliphatic rings. The highest BCUT2D eigenvalue weighted by molar-refractivity contribution is 5.41. The van der Waals surface area contributed by atoms with E-state index in [1.807, 2.05) is 30.3 Å². The van der Waals surface area contributed by atoms with Crippen molar-refractivity contribution in [1.82, 2.24) is 0 Å². The summed E-state index contributed by atoms with van der Waals surface area (Å²) in [6.45, 7) is 0.761. The topological polar surface area (TPSA) is 35.2 Å². The zero-order valence-electron chi connectivity index (χ0n) is 10.5. The fourth-order valence-electron chi connectivity index (χ4n) is 1.83. The van der Waals surface area contributed by atoms with Gasteiger partial charge in [0.1, 0.15) is 5.75 Å². The molecule has 0 unspecified atom stereocenters. The quantitative estimate of drug-likeness (QED) is 0.618. The summed E-state index contributed by atoms with van der Waals surface area (Å²) in [5.74, 6) is 0.893. The summed E-state index contributed by atoms with van der Waals surface area (Å²) >= 11 is 0. The molecule has 0 bridgehead atoms. The minimum atomic E-state index is 0.761. The molecule has 0 aliphatic heterocycles. The van der Waals surface area contributed by atoms with Gasteiger partial charge in [0.25, 0.3) is 0 Å². The van der Waals surface area contributed by atoms with Gasteiger partial charge in [-0.15, -0.1) is 0 Å². The first kappa shape index (κ1) is 12.5. The van der Waals surface area contributed by atoms with E-state index in [-0.39, 0.29) is 0 Å². The van der Waals surface area contributed by atoms with Crippen molar-refractivity contribution in [1.29, 1.82) is 0 Å². The number of unbranched alkanes of at least 4 members (excludes halogenated alkanes) is 1. The molecule has 2 nitrogen and oxygen atoms in total. The lowest BCUT2D eigenvalue weighted by molar-refractivity contribution is 0.307. The molecule has 0 saturated carbocycles. The van der Waals surface area contributed by atoms with Crippen LogP contribution in [0.2, 0.25) is 0 Å². The van der Waals surface area contributed by atoms with E-state index in [2.05, 4.69) is 24.3 Å². The molecule has 2 heteroatoms. The molecule has 0 saturated heterocycles. The number of nitrogen functional groups attached to an aromatic ring is 1. The smallest absolute Gasteiger partial charge is 0.119 e. The predicted octanol–water partition coefficient (Wildman–Crippen LogP) is 3.67. The Morgan fingerprint density at radius 3 is 2.28 bits per heavy atom. The van der Waals surface area contributed by atoms with Crippen molar-refractivity contribution >= 4 is 5.69 Å². The lowest BCUT2D eigenvalue weighted by atomic mass is 10.1. The lowest BCUT2D eigenvalue weighted by Crippen LogP contribution is -1.98. The SMILES string of the molecule is Nc1ccc(OCCCCc2ccccc2)cc1. The molecule has 0 aromatic heterocycles. The van der Waals surface area contributed by atoms with Crippen molar-refractivity contribution in [3.63, 3.8) is 0 Å². The molecule has 0 radical (unpaired) electrons. The van der Waals surface area contributed by atoms with Gasteiger partial charge in [0, 0.05) is 5.69 Å². The van der Waals surface area contributed by atoms with Gasteiger partial charge < -0.3 is 10.5 Å². The summed E-state index contributed by atoms with van der Waals surface area (Å²) in [6, 6.07) is 18.1. The van der Waals surface area contributed by atoms with Crippen molar-refractivity contribution in [2.24, 2.45) is 0 Å². The molecule has 18 heavy (non-hydrogen) atoms. The first-order valence-corrected chi connectivity index (χ1v) is 6.37. The Bertz CT molecular complexity index is 450. The van der Waals surface area contributed by atoms with E-state index < -0.39 is 0 Å². The number of benzene rings is 2. The predicted molar refractivity (Wildman–Crippen MR) is 75.7 cm³/mol. The Balaban J connectivity index is 1.63. The summed E-state index contributed by atoms with van der Waals surface area (Å²) < 4.78 is 5.64. The molecule has 0 spiro atoms. The van der Waals surface area contributed by atoms with E-state index in [0.717, 1.165) is 37.3 Å². The maximum atomic E-state index is 5.64. The second-order valence-corrected chi connectivity index (χ2v) is 4.36. The largest absolute Gasteiger partial charge is 0.494 e. The van der Waals surface area contributed by atoms with Crippen molar-refractivity contribution in [2.75, 3.05) is 12.3 Å². The maximum absolute atomic E-state index is 5.64. The summed E-state index contributed by atoms with van der Waals surface area (Å²) in [4.78, 5) is 0. The van der Waals surface area contributed by atoms with E-state index in [9.17, 15) is 0 Å². The minimum absolute atomic E-state index is 0.761. The summed E-state index contributed by atoms with van der Waals surface area (Å²) in [7, 11) is 0. The number of rotatable bonds is 6. The third kappa shape index (κ3) is 4.13. The van der Waals surface area contributed by atoms with E-state index in [0.29, 0.717) is 0 Å². The van der Waals surface area contributed by atoms with Crippen LogP contribution < -0.4 is 10.5 Å². The Kier molecular flexibility index (Phi) is 4.65. The zero-order chi connectivity index (χ0) is 12.6. The van der Waals surface area contributed by atoms with Crippen LogP contribution in [0.3, 0.4) is 0 Å². The minimum Gasteiger partial charge on any atom is -0.494 e. The van der Waals surface area contributed by atoms with Crippen LogP contribution in [-0.4, -0.2) is 6.61 Å². The molecule has 0 aliphatic carbocycles. The average Bonchev–Trinajstić information content (AvgIpc) is 2.42. The fourth-order valence-corrected chi connectivity index (χ4v) is 1.83. The third-order valence-corrected chi connectivity index (χ3v) is 2.85. The highest BCUT2D eigenvalue weighted by Gasteiger charge is 1.95. The molecule has 0 fully saturated rings. The van der Waals surface area contributed by atoms with E-state index in [4.69, 9.17) is 10.5 Å². The normalized spacial score (nSPS) is 10.2. The number of nitrogens with two attached hydrogens (primary N) is 1. The maximum Gasteiger partial charge on any atom is 0.119 e. The number of hydrogen-bond acceptors (Lipinski definition) is 2. The van der Waals surface area contributed by atoms with Gasteiger partial charge in [-0.3, -0.25) is 0 Å². The molecule has 0 heterocycles. The van der Waals surface area contributed by atoms with Crippen molar-refractivity contribution in [2.45, 2.75) is 19.3 Å². The van der Waals surface area contributed by atoms with Gasteiger partial charge in [0.05, 0.1) is 6.61 Å². The van der Waals surface area contributed by atoms with Crippen LogP contribution in [0.25, 0.3) is 0 Å². The molecule has 2 rings (SSSR count). The Morgan fingerprint density at radius 2 is 1.56 bits per heavy atom. The van der Waals surface area contributed by atoms with E-state index in [1.165, 1.54) is 5.56 Å². The molecule has 2 aromatic rings. The molecule has 2 N–H and O–H groups in total. The average molecular weight is 241 g/mol. The highest BCUT2D eigenvalue weighted by Crippen LogP contribution is 2.13. The summed E-state index contributed by atoms with van der Waals surface area (Å²) in [5.41, 5.74) is 7.78. The van der Waals surface area contributed by atoms with Gasteiger partial charge in [0.2, 0.25) is 0 Å². The van der Waals surface area contributed by atoms with Gasteiger partial charge in [-0.25, -0.2) is 0 Å². The third-order valence-electron chi connectivity index (χ3n) is 2.85. The summed E-state index contributed by atoms with van der Waals surface area (Å²) in [5, 5.41) is 0. The molecule has 2 aromatic carbocycles. The van der Waals surface area contributed by atoms with E-state index >= 15 is 0 Å². The molecular weight excluding hydrogens is 222 g/mol. The second kappa shape index (κ2) is 6.70. The van der Waals surface area contributed by atoms with Gasteiger partial charge in [-0.2, -0.15) is 0 Å². The molecular formula is C16H19NO. The van der Waals surface area contributed by atoms with Crippen LogP contribution in [0.1, 0.15) is 18.4 Å². The van der Waals surface area contributed by atoms with Crippen LogP contribution in [0.5, 0.6) is 5.75 Å². The molecule has 0 atom stereocenters. The van der Waals surface area contributed by atoms with Gasteiger partial charge in [0.15, 0.2) is 0 Å². The number of aryl methyl sites for hydroxylation is 1. The second-order valence-electron chi connectivity index (χ2n) is 4.36. The monoisotopic (exact) mass is 241 g/mol. The van der Waals surface area contributed by atoms with Gasteiger partial charge in [-0.1, -0.05) is 30.3 Å². The Labute approximate surface area is 108 Å². The van der Waals surface area contributed by atoms with Crippen LogP contribution in [0.4, 0.5) is 5.69 Å².